The van der Waals surface area contributed by atoms with Gasteiger partial charge in [-0.3, -0.25) is 0 Å². The molecule has 0 saturated carbocycles. The molecule has 0 aromatic heterocycles. The zero-order chi connectivity index (χ0) is 14.0. The maximum atomic E-state index is 13.1. The van der Waals surface area contributed by atoms with E-state index in [-0.39, 0.29) is 4.90 Å². The van der Waals surface area contributed by atoms with E-state index < -0.39 is 21.9 Å². The SMILES string of the molecule is Cc1cc(F)ccc1S(=O)(=O)N1CCCC(O)CC1. The average molecular weight is 287 g/mol. The van der Waals surface area contributed by atoms with Gasteiger partial charge in [-0.1, -0.05) is 0 Å². The molecule has 1 aromatic rings. The predicted molar refractivity (Wildman–Crippen MR) is 69.8 cm³/mol. The van der Waals surface area contributed by atoms with Crippen molar-refractivity contribution in [2.24, 2.45) is 0 Å². The Hall–Kier alpha value is -0.980. The van der Waals surface area contributed by atoms with Crippen LogP contribution in [0.1, 0.15) is 24.8 Å². The summed E-state index contributed by atoms with van der Waals surface area (Å²) >= 11 is 0. The van der Waals surface area contributed by atoms with E-state index in [4.69, 9.17) is 0 Å². The number of halogens is 1. The zero-order valence-corrected chi connectivity index (χ0v) is 11.7. The standard InChI is InChI=1S/C13H18FNO3S/c1-10-9-11(14)4-5-13(10)19(17,18)15-7-2-3-12(16)6-8-15/h4-5,9,12,16H,2-3,6-8H2,1H3. The van der Waals surface area contributed by atoms with Crippen LogP contribution in [0.4, 0.5) is 4.39 Å². The van der Waals surface area contributed by atoms with Gasteiger partial charge in [-0.2, -0.15) is 4.31 Å². The second-order valence-electron chi connectivity index (χ2n) is 4.90. The summed E-state index contributed by atoms with van der Waals surface area (Å²) in [5, 5.41) is 9.56. The molecule has 1 aliphatic heterocycles. The van der Waals surface area contributed by atoms with Gasteiger partial charge in [0, 0.05) is 13.1 Å². The van der Waals surface area contributed by atoms with Crippen molar-refractivity contribution >= 4 is 10.0 Å². The molecule has 0 spiro atoms. The normalized spacial score (nSPS) is 22.2. The second kappa shape index (κ2) is 5.56. The highest BCUT2D eigenvalue weighted by Gasteiger charge is 2.28. The molecule has 0 bridgehead atoms. The van der Waals surface area contributed by atoms with Gasteiger partial charge in [-0.25, -0.2) is 12.8 Å². The van der Waals surface area contributed by atoms with Crippen LogP contribution in [0.5, 0.6) is 0 Å². The highest BCUT2D eigenvalue weighted by atomic mass is 32.2. The van der Waals surface area contributed by atoms with Gasteiger partial charge in [0.1, 0.15) is 5.82 Å². The van der Waals surface area contributed by atoms with Crippen LogP contribution in [0.3, 0.4) is 0 Å². The summed E-state index contributed by atoms with van der Waals surface area (Å²) in [6.07, 6.45) is 1.27. The number of sulfonamides is 1. The van der Waals surface area contributed by atoms with Gasteiger partial charge < -0.3 is 5.11 Å². The lowest BCUT2D eigenvalue weighted by Crippen LogP contribution is -2.32. The van der Waals surface area contributed by atoms with E-state index in [1.165, 1.54) is 16.4 Å². The monoisotopic (exact) mass is 287 g/mol. The first-order valence-electron chi connectivity index (χ1n) is 6.35. The number of aliphatic hydroxyl groups excluding tert-OH is 1. The first-order valence-corrected chi connectivity index (χ1v) is 7.79. The molecule has 6 heteroatoms. The molecule has 1 aromatic carbocycles. The number of hydrogen-bond acceptors (Lipinski definition) is 3. The van der Waals surface area contributed by atoms with Gasteiger partial charge in [-0.15, -0.1) is 0 Å². The molecule has 1 aliphatic rings. The maximum absolute atomic E-state index is 13.1. The lowest BCUT2D eigenvalue weighted by Gasteiger charge is -2.21. The Bertz CT molecular complexity index is 559. The fraction of sp³-hybridized carbons (Fsp3) is 0.538. The number of aliphatic hydroxyl groups is 1. The zero-order valence-electron chi connectivity index (χ0n) is 10.8. The second-order valence-corrected chi connectivity index (χ2v) is 6.80. The fourth-order valence-electron chi connectivity index (χ4n) is 2.33. The molecular weight excluding hydrogens is 269 g/mol. The Morgan fingerprint density at radius 1 is 1.32 bits per heavy atom. The molecule has 1 fully saturated rings. The predicted octanol–water partition coefficient (Wildman–Crippen LogP) is 1.67. The van der Waals surface area contributed by atoms with Crippen LogP contribution in [0.15, 0.2) is 23.1 Å². The molecule has 1 heterocycles. The van der Waals surface area contributed by atoms with Crippen molar-refractivity contribution in [1.29, 1.82) is 0 Å². The van der Waals surface area contributed by atoms with Crippen LogP contribution in [-0.4, -0.2) is 37.0 Å². The van der Waals surface area contributed by atoms with Crippen LogP contribution in [0.25, 0.3) is 0 Å². The van der Waals surface area contributed by atoms with Crippen LogP contribution in [0, 0.1) is 12.7 Å². The lowest BCUT2D eigenvalue weighted by atomic mass is 10.2. The molecule has 1 N–H and O–H groups in total. The minimum Gasteiger partial charge on any atom is -0.393 e. The van der Waals surface area contributed by atoms with E-state index in [0.717, 1.165) is 6.07 Å². The quantitative estimate of drug-likeness (QED) is 0.900. The van der Waals surface area contributed by atoms with Gasteiger partial charge >= 0.3 is 0 Å². The van der Waals surface area contributed by atoms with Crippen molar-refractivity contribution in [3.8, 4) is 0 Å². The van der Waals surface area contributed by atoms with E-state index in [1.54, 1.807) is 6.92 Å². The van der Waals surface area contributed by atoms with Gasteiger partial charge in [0.25, 0.3) is 0 Å². The largest absolute Gasteiger partial charge is 0.393 e. The van der Waals surface area contributed by atoms with E-state index in [9.17, 15) is 17.9 Å². The van der Waals surface area contributed by atoms with Gasteiger partial charge in [0.15, 0.2) is 0 Å². The van der Waals surface area contributed by atoms with Gasteiger partial charge in [0.2, 0.25) is 10.0 Å². The summed E-state index contributed by atoms with van der Waals surface area (Å²) in [6, 6.07) is 3.69. The summed E-state index contributed by atoms with van der Waals surface area (Å²) in [4.78, 5) is 0.144. The van der Waals surface area contributed by atoms with E-state index in [1.807, 2.05) is 0 Å². The smallest absolute Gasteiger partial charge is 0.243 e. The molecule has 1 saturated heterocycles. The van der Waals surface area contributed by atoms with Crippen molar-refractivity contribution in [3.05, 3.63) is 29.6 Å². The number of aryl methyl sites for hydroxylation is 1. The molecule has 106 valence electrons. The Labute approximate surface area is 112 Å². The van der Waals surface area contributed by atoms with Crippen LogP contribution >= 0.6 is 0 Å². The van der Waals surface area contributed by atoms with Crippen molar-refractivity contribution in [2.45, 2.75) is 37.2 Å². The van der Waals surface area contributed by atoms with Crippen LogP contribution < -0.4 is 0 Å². The highest BCUT2D eigenvalue weighted by molar-refractivity contribution is 7.89. The molecule has 0 radical (unpaired) electrons. The third-order valence-corrected chi connectivity index (χ3v) is 5.47. The highest BCUT2D eigenvalue weighted by Crippen LogP contribution is 2.23. The minimum absolute atomic E-state index is 0.144. The van der Waals surface area contributed by atoms with Crippen molar-refractivity contribution in [2.75, 3.05) is 13.1 Å². The number of benzene rings is 1. The third-order valence-electron chi connectivity index (χ3n) is 3.41. The van der Waals surface area contributed by atoms with Crippen LogP contribution in [0.2, 0.25) is 0 Å². The van der Waals surface area contributed by atoms with Crippen molar-refractivity contribution < 1.29 is 17.9 Å². The molecule has 19 heavy (non-hydrogen) atoms. The summed E-state index contributed by atoms with van der Waals surface area (Å²) in [6.45, 7) is 2.29. The number of hydrogen-bond donors (Lipinski definition) is 1. The maximum Gasteiger partial charge on any atom is 0.243 e. The first-order chi connectivity index (χ1) is 8.91. The van der Waals surface area contributed by atoms with Gasteiger partial charge in [0.05, 0.1) is 11.0 Å². The molecule has 4 nitrogen and oxygen atoms in total. The Morgan fingerprint density at radius 2 is 2.05 bits per heavy atom. The molecule has 1 atom stereocenters. The summed E-state index contributed by atoms with van der Waals surface area (Å²) in [5.74, 6) is -0.442. The topological polar surface area (TPSA) is 57.6 Å². The summed E-state index contributed by atoms with van der Waals surface area (Å²) in [7, 11) is -3.60. The van der Waals surface area contributed by atoms with E-state index in [2.05, 4.69) is 0 Å². The lowest BCUT2D eigenvalue weighted by molar-refractivity contribution is 0.159. The van der Waals surface area contributed by atoms with Gasteiger partial charge in [-0.05, 0) is 49.9 Å². The van der Waals surface area contributed by atoms with Crippen molar-refractivity contribution in [3.63, 3.8) is 0 Å². The summed E-state index contributed by atoms with van der Waals surface area (Å²) < 4.78 is 39.4. The molecular formula is C13H18FNO3S. The minimum atomic E-state index is -3.60. The molecule has 0 amide bonds. The van der Waals surface area contributed by atoms with E-state index >= 15 is 0 Å². The molecule has 1 unspecified atom stereocenters. The van der Waals surface area contributed by atoms with Crippen LogP contribution in [-0.2, 0) is 10.0 Å². The molecule has 2 rings (SSSR count). The summed E-state index contributed by atoms with van der Waals surface area (Å²) in [5.41, 5.74) is 0.407. The number of nitrogens with zero attached hydrogens (tertiary/aromatic N) is 1. The number of rotatable bonds is 2. The fourth-order valence-corrected chi connectivity index (χ4v) is 4.03. The first kappa shape index (κ1) is 14.4. The van der Waals surface area contributed by atoms with Crippen molar-refractivity contribution in [1.82, 2.24) is 4.31 Å². The molecule has 0 aliphatic carbocycles. The Balaban J connectivity index is 2.31. The average Bonchev–Trinajstić information content (AvgIpc) is 2.53. The Kier molecular flexibility index (Phi) is 4.23. The Morgan fingerprint density at radius 3 is 2.74 bits per heavy atom. The third kappa shape index (κ3) is 3.13. The van der Waals surface area contributed by atoms with E-state index in [0.29, 0.717) is 37.9 Å².